The lowest BCUT2D eigenvalue weighted by Crippen LogP contribution is -2.33. The molecule has 156 valence electrons. The minimum Gasteiger partial charge on any atom is -0.502 e. The van der Waals surface area contributed by atoms with E-state index in [1.807, 2.05) is 6.07 Å². The number of aliphatic hydroxyl groups excluding tert-OH is 1. The average molecular weight is 410 g/mol. The molecule has 0 saturated carbocycles. The second kappa shape index (κ2) is 8.69. The number of hydrogen-bond donors (Lipinski definition) is 2. The first-order valence-corrected chi connectivity index (χ1v) is 9.24. The maximum absolute atomic E-state index is 12.8. The van der Waals surface area contributed by atoms with Gasteiger partial charge in [-0.3, -0.25) is 19.3 Å². The van der Waals surface area contributed by atoms with Crippen LogP contribution in [0.3, 0.4) is 0 Å². The highest BCUT2D eigenvalue weighted by Gasteiger charge is 2.38. The predicted octanol–water partition coefficient (Wildman–Crippen LogP) is 2.54. The van der Waals surface area contributed by atoms with E-state index >= 15 is 0 Å². The lowest BCUT2D eigenvalue weighted by molar-refractivity contribution is -0.138. The van der Waals surface area contributed by atoms with Crippen molar-refractivity contribution >= 4 is 29.0 Å². The van der Waals surface area contributed by atoms with Crippen molar-refractivity contribution in [1.29, 1.82) is 0 Å². The zero-order valence-electron chi connectivity index (χ0n) is 16.9. The van der Waals surface area contributed by atoms with Crippen molar-refractivity contribution in [3.05, 3.63) is 59.4 Å². The van der Waals surface area contributed by atoms with Crippen molar-refractivity contribution in [2.45, 2.75) is 13.3 Å². The van der Waals surface area contributed by atoms with Gasteiger partial charge in [-0.2, -0.15) is 0 Å². The van der Waals surface area contributed by atoms with Gasteiger partial charge in [-0.25, -0.2) is 0 Å². The summed E-state index contributed by atoms with van der Waals surface area (Å²) < 4.78 is 10.5. The summed E-state index contributed by atoms with van der Waals surface area (Å²) in [4.78, 5) is 37.4. The van der Waals surface area contributed by atoms with Crippen LogP contribution in [0.5, 0.6) is 11.5 Å². The van der Waals surface area contributed by atoms with Gasteiger partial charge in [0.15, 0.2) is 17.3 Å². The van der Waals surface area contributed by atoms with E-state index in [4.69, 9.17) is 9.47 Å². The van der Waals surface area contributed by atoms with E-state index in [-0.39, 0.29) is 18.0 Å². The third kappa shape index (κ3) is 4.12. The molecule has 1 heterocycles. The van der Waals surface area contributed by atoms with Crippen LogP contribution in [-0.2, 0) is 20.8 Å². The summed E-state index contributed by atoms with van der Waals surface area (Å²) in [6.45, 7) is 1.49. The molecule has 0 unspecified atom stereocenters. The molecule has 0 bridgehead atoms. The van der Waals surface area contributed by atoms with Crippen molar-refractivity contribution in [2.24, 2.45) is 0 Å². The van der Waals surface area contributed by atoms with Gasteiger partial charge in [0.1, 0.15) is 0 Å². The molecule has 0 aliphatic carbocycles. The van der Waals surface area contributed by atoms with Crippen molar-refractivity contribution in [2.75, 3.05) is 26.1 Å². The SMILES string of the molecule is COc1ccc(CCN2C(=O)C(O)=C(c3ccc(NC(C)=O)cc3)C2=O)cc1OC. The highest BCUT2D eigenvalue weighted by molar-refractivity contribution is 6.34. The summed E-state index contributed by atoms with van der Waals surface area (Å²) in [7, 11) is 3.07. The highest BCUT2D eigenvalue weighted by atomic mass is 16.5. The quantitative estimate of drug-likeness (QED) is 0.680. The fourth-order valence-corrected chi connectivity index (χ4v) is 3.23. The van der Waals surface area contributed by atoms with Crippen LogP contribution in [0.1, 0.15) is 18.1 Å². The number of methoxy groups -OCH3 is 2. The fourth-order valence-electron chi connectivity index (χ4n) is 3.23. The lowest BCUT2D eigenvalue weighted by Gasteiger charge is -2.15. The molecule has 3 amide bonds. The molecular weight excluding hydrogens is 388 g/mol. The van der Waals surface area contributed by atoms with E-state index in [1.165, 1.54) is 21.1 Å². The van der Waals surface area contributed by atoms with E-state index in [0.717, 1.165) is 10.5 Å². The van der Waals surface area contributed by atoms with Gasteiger partial charge in [-0.15, -0.1) is 0 Å². The Kier molecular flexibility index (Phi) is 6.06. The Morgan fingerprint density at radius 1 is 1.00 bits per heavy atom. The maximum atomic E-state index is 12.8. The first kappa shape index (κ1) is 20.9. The summed E-state index contributed by atoms with van der Waals surface area (Å²) >= 11 is 0. The molecule has 0 aromatic heterocycles. The number of carbonyl (C=O) groups is 3. The van der Waals surface area contributed by atoms with Gasteiger partial charge in [0.2, 0.25) is 5.91 Å². The number of anilines is 1. The second-order valence-electron chi connectivity index (χ2n) is 6.68. The van der Waals surface area contributed by atoms with Gasteiger partial charge in [-0.1, -0.05) is 18.2 Å². The standard InChI is InChI=1S/C22H22N2O6/c1-13(25)23-16-7-5-15(6-8-16)19-20(26)22(28)24(21(19)27)11-10-14-4-9-17(29-2)18(12-14)30-3/h4-9,12,26H,10-11H2,1-3H3,(H,23,25). The molecule has 30 heavy (non-hydrogen) atoms. The molecule has 0 atom stereocenters. The third-order valence-corrected chi connectivity index (χ3v) is 4.71. The van der Waals surface area contributed by atoms with Crippen LogP contribution < -0.4 is 14.8 Å². The molecule has 2 aromatic carbocycles. The number of nitrogens with zero attached hydrogens (tertiary/aromatic N) is 1. The van der Waals surface area contributed by atoms with E-state index in [1.54, 1.807) is 36.4 Å². The number of ether oxygens (including phenoxy) is 2. The monoisotopic (exact) mass is 410 g/mol. The van der Waals surface area contributed by atoms with Crippen LogP contribution >= 0.6 is 0 Å². The Bertz CT molecular complexity index is 1030. The van der Waals surface area contributed by atoms with Crippen molar-refractivity contribution < 1.29 is 29.0 Å². The number of benzene rings is 2. The maximum Gasteiger partial charge on any atom is 0.296 e. The predicted molar refractivity (Wildman–Crippen MR) is 110 cm³/mol. The number of rotatable bonds is 7. The molecule has 1 aliphatic heterocycles. The largest absolute Gasteiger partial charge is 0.502 e. The van der Waals surface area contributed by atoms with Gasteiger partial charge >= 0.3 is 0 Å². The van der Waals surface area contributed by atoms with E-state index in [9.17, 15) is 19.5 Å². The molecule has 0 radical (unpaired) electrons. The van der Waals surface area contributed by atoms with E-state index in [2.05, 4.69) is 5.32 Å². The van der Waals surface area contributed by atoms with Crippen LogP contribution in [0, 0.1) is 0 Å². The minimum absolute atomic E-state index is 0.0540. The van der Waals surface area contributed by atoms with Crippen LogP contribution in [0.2, 0.25) is 0 Å². The van der Waals surface area contributed by atoms with Crippen molar-refractivity contribution in [3.63, 3.8) is 0 Å². The zero-order valence-corrected chi connectivity index (χ0v) is 16.9. The van der Waals surface area contributed by atoms with E-state index < -0.39 is 17.6 Å². The van der Waals surface area contributed by atoms with Crippen LogP contribution in [0.4, 0.5) is 5.69 Å². The Hall–Kier alpha value is -3.81. The molecule has 0 saturated heterocycles. The summed E-state index contributed by atoms with van der Waals surface area (Å²) in [5, 5.41) is 12.9. The van der Waals surface area contributed by atoms with Gasteiger partial charge in [0, 0.05) is 19.2 Å². The molecular formula is C22H22N2O6. The van der Waals surface area contributed by atoms with Crippen molar-refractivity contribution in [3.8, 4) is 11.5 Å². The zero-order chi connectivity index (χ0) is 21.8. The number of carbonyl (C=O) groups excluding carboxylic acids is 3. The van der Waals surface area contributed by atoms with Gasteiger partial charge in [0.25, 0.3) is 11.8 Å². The molecule has 8 nitrogen and oxygen atoms in total. The minimum atomic E-state index is -0.735. The Balaban J connectivity index is 1.74. The molecule has 2 N–H and O–H groups in total. The molecule has 0 spiro atoms. The van der Waals surface area contributed by atoms with Gasteiger partial charge in [-0.05, 0) is 41.8 Å². The Labute approximate surface area is 173 Å². The van der Waals surface area contributed by atoms with Gasteiger partial charge < -0.3 is 19.9 Å². The van der Waals surface area contributed by atoms with Crippen molar-refractivity contribution in [1.82, 2.24) is 4.90 Å². The first-order valence-electron chi connectivity index (χ1n) is 9.24. The van der Waals surface area contributed by atoms with Crippen LogP contribution in [-0.4, -0.2) is 48.5 Å². The number of amides is 3. The Morgan fingerprint density at radius 2 is 1.67 bits per heavy atom. The van der Waals surface area contributed by atoms with E-state index in [0.29, 0.717) is 29.2 Å². The lowest BCUT2D eigenvalue weighted by atomic mass is 10.0. The Morgan fingerprint density at radius 3 is 2.27 bits per heavy atom. The summed E-state index contributed by atoms with van der Waals surface area (Å²) in [5.41, 5.74) is 1.74. The summed E-state index contributed by atoms with van der Waals surface area (Å²) in [5.74, 6) is -0.974. The molecule has 3 rings (SSSR count). The third-order valence-electron chi connectivity index (χ3n) is 4.71. The first-order chi connectivity index (χ1) is 14.3. The number of imide groups is 1. The average Bonchev–Trinajstić information content (AvgIpc) is 2.94. The molecule has 2 aromatic rings. The topological polar surface area (TPSA) is 105 Å². The number of hydrogen-bond acceptors (Lipinski definition) is 6. The normalized spacial score (nSPS) is 13.6. The highest BCUT2D eigenvalue weighted by Crippen LogP contribution is 2.30. The van der Waals surface area contributed by atoms with Gasteiger partial charge in [0.05, 0.1) is 19.8 Å². The van der Waals surface area contributed by atoms with Crippen LogP contribution in [0.25, 0.3) is 5.57 Å². The number of nitrogens with one attached hydrogen (secondary N) is 1. The smallest absolute Gasteiger partial charge is 0.296 e. The fraction of sp³-hybridized carbons (Fsp3) is 0.227. The summed E-state index contributed by atoms with van der Waals surface area (Å²) in [6.07, 6.45) is 0.389. The molecule has 0 fully saturated rings. The summed E-state index contributed by atoms with van der Waals surface area (Å²) in [6, 6.07) is 11.7. The van der Waals surface area contributed by atoms with Crippen LogP contribution in [0.15, 0.2) is 48.2 Å². The molecule has 1 aliphatic rings. The molecule has 8 heteroatoms. The number of aliphatic hydroxyl groups is 1. The second-order valence-corrected chi connectivity index (χ2v) is 6.68.